The van der Waals surface area contributed by atoms with Crippen LogP contribution in [-0.4, -0.2) is 64.4 Å². The second-order valence-electron chi connectivity index (χ2n) is 8.31. The van der Waals surface area contributed by atoms with Gasteiger partial charge in [0.25, 0.3) is 5.91 Å². The van der Waals surface area contributed by atoms with E-state index in [9.17, 15) is 14.4 Å². The second-order valence-corrected chi connectivity index (χ2v) is 8.72. The minimum Gasteiger partial charge on any atom is -0.320 e. The monoisotopic (exact) mass is 438 g/mol. The van der Waals surface area contributed by atoms with Gasteiger partial charge in [0.05, 0.1) is 6.54 Å². The predicted octanol–water partition coefficient (Wildman–Crippen LogP) is 3.68. The molecule has 0 aromatic heterocycles. The van der Waals surface area contributed by atoms with Gasteiger partial charge in [-0.3, -0.25) is 9.69 Å². The van der Waals surface area contributed by atoms with Gasteiger partial charge in [-0.25, -0.2) is 9.59 Å². The van der Waals surface area contributed by atoms with Gasteiger partial charge >= 0.3 is 12.1 Å². The van der Waals surface area contributed by atoms with E-state index < -0.39 is 6.04 Å². The zero-order valence-corrected chi connectivity index (χ0v) is 17.9. The first-order valence-electron chi connectivity index (χ1n) is 10.5. The number of anilines is 1. The number of carbonyl (C=O) groups excluding carboxylic acids is 3. The smallest absolute Gasteiger partial charge is 0.320 e. The van der Waals surface area contributed by atoms with Gasteiger partial charge in [0.1, 0.15) is 6.04 Å². The van der Waals surface area contributed by atoms with E-state index in [1.54, 1.807) is 28.0 Å². The van der Waals surface area contributed by atoms with Crippen molar-refractivity contribution in [2.45, 2.75) is 31.3 Å². The van der Waals surface area contributed by atoms with Gasteiger partial charge in [0.15, 0.2) is 0 Å². The zero-order chi connectivity index (χ0) is 21.7. The maximum absolute atomic E-state index is 13.1. The molecule has 1 aliphatic carbocycles. The number of nitrogens with one attached hydrogen (secondary N) is 1. The SMILES string of the molecule is Cc1c(Cl)cccc1NC(=O)N1CCN2C(=O)N([C@H]3C[C@@H]3c3ccccc3)C(=O)C2C1. The lowest BCUT2D eigenvalue weighted by Crippen LogP contribution is -2.55. The number of carbonyl (C=O) groups is 3. The molecule has 1 saturated carbocycles. The highest BCUT2D eigenvalue weighted by atomic mass is 35.5. The van der Waals surface area contributed by atoms with Crippen molar-refractivity contribution in [1.82, 2.24) is 14.7 Å². The fraction of sp³-hybridized carbons (Fsp3) is 0.348. The van der Waals surface area contributed by atoms with Gasteiger partial charge in [-0.15, -0.1) is 0 Å². The number of halogens is 1. The number of hydrogen-bond donors (Lipinski definition) is 1. The van der Waals surface area contributed by atoms with E-state index in [0.29, 0.717) is 23.8 Å². The van der Waals surface area contributed by atoms with Crippen LogP contribution < -0.4 is 5.32 Å². The van der Waals surface area contributed by atoms with Crippen molar-refractivity contribution in [2.75, 3.05) is 25.0 Å². The molecule has 3 aliphatic rings. The molecule has 0 radical (unpaired) electrons. The summed E-state index contributed by atoms with van der Waals surface area (Å²) in [4.78, 5) is 43.5. The van der Waals surface area contributed by atoms with Crippen LogP contribution in [0.1, 0.15) is 23.5 Å². The van der Waals surface area contributed by atoms with E-state index in [-0.39, 0.29) is 36.5 Å². The number of hydrogen-bond acceptors (Lipinski definition) is 3. The van der Waals surface area contributed by atoms with Crippen molar-refractivity contribution in [1.29, 1.82) is 0 Å². The van der Waals surface area contributed by atoms with E-state index in [1.165, 1.54) is 4.90 Å². The maximum atomic E-state index is 13.1. The predicted molar refractivity (Wildman–Crippen MR) is 117 cm³/mol. The molecule has 160 valence electrons. The van der Waals surface area contributed by atoms with E-state index >= 15 is 0 Å². The lowest BCUT2D eigenvalue weighted by atomic mass is 10.1. The molecule has 31 heavy (non-hydrogen) atoms. The van der Waals surface area contributed by atoms with E-state index in [2.05, 4.69) is 5.32 Å². The second kappa shape index (κ2) is 7.57. The first-order valence-corrected chi connectivity index (χ1v) is 10.8. The molecule has 0 spiro atoms. The number of amides is 5. The summed E-state index contributed by atoms with van der Waals surface area (Å²) in [6, 6.07) is 14.1. The van der Waals surface area contributed by atoms with Crippen molar-refractivity contribution < 1.29 is 14.4 Å². The fourth-order valence-electron chi connectivity index (χ4n) is 4.57. The van der Waals surface area contributed by atoms with Gasteiger partial charge in [-0.05, 0) is 36.6 Å². The Bertz CT molecular complexity index is 1060. The first-order chi connectivity index (χ1) is 15.0. The number of nitrogens with zero attached hydrogens (tertiary/aromatic N) is 3. The summed E-state index contributed by atoms with van der Waals surface area (Å²) in [7, 11) is 0. The molecular weight excluding hydrogens is 416 g/mol. The van der Waals surface area contributed by atoms with Crippen LogP contribution in [0.25, 0.3) is 0 Å². The Balaban J connectivity index is 1.27. The lowest BCUT2D eigenvalue weighted by Gasteiger charge is -2.35. The number of fused-ring (bicyclic) bond motifs is 1. The molecule has 5 rings (SSSR count). The highest BCUT2D eigenvalue weighted by Gasteiger charge is 2.56. The van der Waals surface area contributed by atoms with Crippen LogP contribution in [0.4, 0.5) is 15.3 Å². The summed E-state index contributed by atoms with van der Waals surface area (Å²) in [6.45, 7) is 2.75. The van der Waals surface area contributed by atoms with Crippen LogP contribution in [0.2, 0.25) is 5.02 Å². The molecule has 0 bridgehead atoms. The first kappa shape index (κ1) is 19.9. The summed E-state index contributed by atoms with van der Waals surface area (Å²) in [5, 5.41) is 3.45. The summed E-state index contributed by atoms with van der Waals surface area (Å²) >= 11 is 6.14. The Morgan fingerprint density at radius 2 is 1.84 bits per heavy atom. The van der Waals surface area contributed by atoms with Gasteiger partial charge in [0.2, 0.25) is 0 Å². The Hall–Kier alpha value is -3.06. The number of piperazine rings is 1. The van der Waals surface area contributed by atoms with E-state index in [0.717, 1.165) is 17.5 Å². The van der Waals surface area contributed by atoms with Crippen LogP contribution in [0.15, 0.2) is 48.5 Å². The normalized spacial score (nSPS) is 25.0. The van der Waals surface area contributed by atoms with Gasteiger partial charge in [0, 0.05) is 35.8 Å². The Morgan fingerprint density at radius 3 is 2.61 bits per heavy atom. The highest BCUT2D eigenvalue weighted by molar-refractivity contribution is 6.31. The number of urea groups is 2. The fourth-order valence-corrected chi connectivity index (χ4v) is 4.74. The Kier molecular flexibility index (Phi) is 4.85. The molecule has 2 heterocycles. The third-order valence-electron chi connectivity index (χ3n) is 6.47. The molecule has 2 saturated heterocycles. The molecule has 2 aliphatic heterocycles. The van der Waals surface area contributed by atoms with Gasteiger partial charge in [-0.2, -0.15) is 0 Å². The third kappa shape index (κ3) is 3.43. The van der Waals surface area contributed by atoms with Crippen molar-refractivity contribution in [2.24, 2.45) is 0 Å². The molecule has 2 aromatic rings. The van der Waals surface area contributed by atoms with Crippen molar-refractivity contribution in [3.8, 4) is 0 Å². The Morgan fingerprint density at radius 1 is 1.06 bits per heavy atom. The minimum absolute atomic E-state index is 0.0932. The van der Waals surface area contributed by atoms with Gasteiger partial charge < -0.3 is 15.1 Å². The van der Waals surface area contributed by atoms with Crippen molar-refractivity contribution in [3.05, 3.63) is 64.7 Å². The van der Waals surface area contributed by atoms with Crippen LogP contribution >= 0.6 is 11.6 Å². The number of rotatable bonds is 3. The topological polar surface area (TPSA) is 73.0 Å². The maximum Gasteiger partial charge on any atom is 0.327 e. The molecule has 8 heteroatoms. The standard InChI is InChI=1S/C23H23ClN4O3/c1-14-17(24)8-5-9-18(14)25-22(30)26-10-11-27-20(13-26)21(29)28(23(27)31)19-12-16(19)15-6-3-2-4-7-15/h2-9,16,19-20H,10-13H2,1H3,(H,25,30)/t16-,19+,20?/m1/s1. The van der Waals surface area contributed by atoms with E-state index in [1.807, 2.05) is 37.3 Å². The third-order valence-corrected chi connectivity index (χ3v) is 6.88. The molecular formula is C23H23ClN4O3. The molecule has 5 amide bonds. The lowest BCUT2D eigenvalue weighted by molar-refractivity contribution is -0.129. The molecule has 1 unspecified atom stereocenters. The molecule has 3 fully saturated rings. The molecule has 7 nitrogen and oxygen atoms in total. The summed E-state index contributed by atoms with van der Waals surface area (Å²) < 4.78 is 0. The quantitative estimate of drug-likeness (QED) is 0.743. The minimum atomic E-state index is -0.621. The van der Waals surface area contributed by atoms with Crippen molar-refractivity contribution in [3.63, 3.8) is 0 Å². The van der Waals surface area contributed by atoms with Crippen molar-refractivity contribution >= 4 is 35.3 Å². The Labute approximate surface area is 185 Å². The number of imide groups is 1. The highest BCUT2D eigenvalue weighted by Crippen LogP contribution is 2.46. The van der Waals surface area contributed by atoms with Crippen LogP contribution in [-0.2, 0) is 4.79 Å². The molecule has 2 aromatic carbocycles. The summed E-state index contributed by atoms with van der Waals surface area (Å²) in [5.41, 5.74) is 2.57. The average molecular weight is 439 g/mol. The van der Waals surface area contributed by atoms with E-state index in [4.69, 9.17) is 11.6 Å². The largest absolute Gasteiger partial charge is 0.327 e. The summed E-state index contributed by atoms with van der Waals surface area (Å²) in [6.07, 6.45) is 0.792. The zero-order valence-electron chi connectivity index (χ0n) is 17.1. The van der Waals surface area contributed by atoms with Crippen LogP contribution in [0, 0.1) is 6.92 Å². The van der Waals surface area contributed by atoms with Crippen LogP contribution in [0.5, 0.6) is 0 Å². The van der Waals surface area contributed by atoms with Gasteiger partial charge in [-0.1, -0.05) is 48.0 Å². The van der Waals surface area contributed by atoms with Crippen LogP contribution in [0.3, 0.4) is 0 Å². The molecule has 3 atom stereocenters. The number of benzene rings is 2. The summed E-state index contributed by atoms with van der Waals surface area (Å²) in [5.74, 6) is -0.00877. The molecule has 1 N–H and O–H groups in total. The average Bonchev–Trinajstić information content (AvgIpc) is 3.52.